The Morgan fingerprint density at radius 1 is 1.35 bits per heavy atom. The van der Waals surface area contributed by atoms with Gasteiger partial charge in [-0.3, -0.25) is 4.79 Å². The molecule has 0 aliphatic rings. The summed E-state index contributed by atoms with van der Waals surface area (Å²) in [5.41, 5.74) is 7.72. The lowest BCUT2D eigenvalue weighted by molar-refractivity contribution is -0.122. The minimum atomic E-state index is -0.317. The first kappa shape index (κ1) is 13.7. The van der Waals surface area contributed by atoms with Gasteiger partial charge < -0.3 is 11.1 Å². The van der Waals surface area contributed by atoms with Gasteiger partial charge in [-0.1, -0.05) is 24.3 Å². The van der Waals surface area contributed by atoms with Crippen LogP contribution in [0.4, 0.5) is 0 Å². The second kappa shape index (κ2) is 5.82. The molecular weight excluding hydrogens is 212 g/mol. The van der Waals surface area contributed by atoms with E-state index in [0.29, 0.717) is 13.0 Å². The van der Waals surface area contributed by atoms with Gasteiger partial charge >= 0.3 is 0 Å². The third-order valence-corrected chi connectivity index (χ3v) is 2.87. The zero-order valence-corrected chi connectivity index (χ0v) is 10.9. The molecule has 0 spiro atoms. The van der Waals surface area contributed by atoms with Crippen LogP contribution in [0.3, 0.4) is 0 Å². The summed E-state index contributed by atoms with van der Waals surface area (Å²) in [6, 6.07) is 8.15. The minimum Gasteiger partial charge on any atom is -0.350 e. The molecule has 94 valence electrons. The van der Waals surface area contributed by atoms with E-state index >= 15 is 0 Å². The van der Waals surface area contributed by atoms with Crippen molar-refractivity contribution in [1.29, 1.82) is 0 Å². The van der Waals surface area contributed by atoms with Crippen molar-refractivity contribution in [3.63, 3.8) is 0 Å². The molecule has 0 radical (unpaired) electrons. The van der Waals surface area contributed by atoms with Crippen LogP contribution in [0, 0.1) is 6.92 Å². The largest absolute Gasteiger partial charge is 0.350 e. The van der Waals surface area contributed by atoms with Gasteiger partial charge in [0.25, 0.3) is 0 Å². The standard InChI is InChI=1S/C14H22N2O/c1-11-6-4-5-7-12(11)8-9-13(17)16-14(2,3)10-15/h4-7H,8-10,15H2,1-3H3,(H,16,17). The third-order valence-electron chi connectivity index (χ3n) is 2.87. The van der Waals surface area contributed by atoms with E-state index in [1.165, 1.54) is 11.1 Å². The van der Waals surface area contributed by atoms with Crippen molar-refractivity contribution in [2.75, 3.05) is 6.54 Å². The van der Waals surface area contributed by atoms with Crippen molar-refractivity contribution in [3.05, 3.63) is 35.4 Å². The Kier molecular flexibility index (Phi) is 4.70. The zero-order chi connectivity index (χ0) is 12.9. The molecule has 1 amide bonds. The number of carbonyl (C=O) groups excluding carboxylic acids is 1. The predicted molar refractivity (Wildman–Crippen MR) is 70.8 cm³/mol. The average Bonchev–Trinajstić information content (AvgIpc) is 2.27. The number of hydrogen-bond donors (Lipinski definition) is 2. The summed E-state index contributed by atoms with van der Waals surface area (Å²) in [6.07, 6.45) is 1.29. The summed E-state index contributed by atoms with van der Waals surface area (Å²) < 4.78 is 0. The first-order chi connectivity index (χ1) is 7.94. The van der Waals surface area contributed by atoms with Gasteiger partial charge in [0.2, 0.25) is 5.91 Å². The van der Waals surface area contributed by atoms with Gasteiger partial charge in [-0.05, 0) is 38.3 Å². The second-order valence-electron chi connectivity index (χ2n) is 5.06. The highest BCUT2D eigenvalue weighted by molar-refractivity contribution is 5.77. The number of hydrogen-bond acceptors (Lipinski definition) is 2. The van der Waals surface area contributed by atoms with Gasteiger partial charge in [0.05, 0.1) is 0 Å². The van der Waals surface area contributed by atoms with E-state index in [-0.39, 0.29) is 11.4 Å². The van der Waals surface area contributed by atoms with Crippen LogP contribution in [0.25, 0.3) is 0 Å². The number of aryl methyl sites for hydroxylation is 2. The Morgan fingerprint density at radius 2 is 2.00 bits per heavy atom. The van der Waals surface area contributed by atoms with Crippen LogP contribution in [0.5, 0.6) is 0 Å². The highest BCUT2D eigenvalue weighted by Crippen LogP contribution is 2.10. The van der Waals surface area contributed by atoms with E-state index in [9.17, 15) is 4.79 Å². The molecule has 3 N–H and O–H groups in total. The number of rotatable bonds is 5. The Labute approximate surface area is 103 Å². The smallest absolute Gasteiger partial charge is 0.220 e. The van der Waals surface area contributed by atoms with E-state index in [1.807, 2.05) is 26.0 Å². The van der Waals surface area contributed by atoms with Crippen LogP contribution >= 0.6 is 0 Å². The molecule has 17 heavy (non-hydrogen) atoms. The summed E-state index contributed by atoms with van der Waals surface area (Å²) in [5, 5.41) is 2.93. The summed E-state index contributed by atoms with van der Waals surface area (Å²) in [4.78, 5) is 11.7. The Bertz CT molecular complexity index is 386. The van der Waals surface area contributed by atoms with E-state index in [0.717, 1.165) is 6.42 Å². The fourth-order valence-corrected chi connectivity index (χ4v) is 1.63. The van der Waals surface area contributed by atoms with Crippen molar-refractivity contribution >= 4 is 5.91 Å². The van der Waals surface area contributed by atoms with Crippen molar-refractivity contribution in [1.82, 2.24) is 5.32 Å². The Hall–Kier alpha value is -1.35. The molecule has 1 aromatic rings. The first-order valence-corrected chi connectivity index (χ1v) is 6.00. The highest BCUT2D eigenvalue weighted by Gasteiger charge is 2.17. The van der Waals surface area contributed by atoms with Gasteiger partial charge in [-0.15, -0.1) is 0 Å². The van der Waals surface area contributed by atoms with E-state index in [4.69, 9.17) is 5.73 Å². The molecule has 3 heteroatoms. The minimum absolute atomic E-state index is 0.0590. The Balaban J connectivity index is 2.47. The predicted octanol–water partition coefficient (Wildman–Crippen LogP) is 1.78. The van der Waals surface area contributed by atoms with Crippen LogP contribution in [0.1, 0.15) is 31.4 Å². The average molecular weight is 234 g/mol. The maximum atomic E-state index is 11.7. The van der Waals surface area contributed by atoms with Gasteiger partial charge in [-0.2, -0.15) is 0 Å². The summed E-state index contributed by atoms with van der Waals surface area (Å²) in [5.74, 6) is 0.0590. The fourth-order valence-electron chi connectivity index (χ4n) is 1.63. The van der Waals surface area contributed by atoms with E-state index in [1.54, 1.807) is 0 Å². The van der Waals surface area contributed by atoms with Gasteiger partial charge in [-0.25, -0.2) is 0 Å². The summed E-state index contributed by atoms with van der Waals surface area (Å²) in [6.45, 7) is 6.37. The number of benzene rings is 1. The van der Waals surface area contributed by atoms with Crippen LogP contribution in [0.2, 0.25) is 0 Å². The molecule has 1 rings (SSSR count). The van der Waals surface area contributed by atoms with Gasteiger partial charge in [0, 0.05) is 18.5 Å². The summed E-state index contributed by atoms with van der Waals surface area (Å²) in [7, 11) is 0. The van der Waals surface area contributed by atoms with Crippen molar-refractivity contribution < 1.29 is 4.79 Å². The van der Waals surface area contributed by atoms with Crippen molar-refractivity contribution in [2.24, 2.45) is 5.73 Å². The first-order valence-electron chi connectivity index (χ1n) is 6.00. The molecule has 0 fully saturated rings. The number of nitrogens with two attached hydrogens (primary N) is 1. The molecule has 0 saturated carbocycles. The van der Waals surface area contributed by atoms with Crippen LogP contribution in [0.15, 0.2) is 24.3 Å². The molecule has 3 nitrogen and oxygen atoms in total. The maximum Gasteiger partial charge on any atom is 0.220 e. The number of amides is 1. The molecule has 0 aliphatic carbocycles. The van der Waals surface area contributed by atoms with E-state index in [2.05, 4.69) is 24.4 Å². The molecular formula is C14H22N2O. The molecule has 0 saturated heterocycles. The second-order valence-corrected chi connectivity index (χ2v) is 5.06. The SMILES string of the molecule is Cc1ccccc1CCC(=O)NC(C)(C)CN. The van der Waals surface area contributed by atoms with E-state index < -0.39 is 0 Å². The van der Waals surface area contributed by atoms with Crippen LogP contribution < -0.4 is 11.1 Å². The third kappa shape index (κ3) is 4.57. The molecule has 0 bridgehead atoms. The normalized spacial score (nSPS) is 11.3. The molecule has 0 aromatic heterocycles. The molecule has 0 heterocycles. The van der Waals surface area contributed by atoms with Crippen molar-refractivity contribution in [2.45, 2.75) is 39.2 Å². The molecule has 0 unspecified atom stereocenters. The lowest BCUT2D eigenvalue weighted by Gasteiger charge is -2.24. The topological polar surface area (TPSA) is 55.1 Å². The summed E-state index contributed by atoms with van der Waals surface area (Å²) >= 11 is 0. The maximum absolute atomic E-state index is 11.7. The number of nitrogens with one attached hydrogen (secondary N) is 1. The molecule has 0 aliphatic heterocycles. The molecule has 0 atom stereocenters. The van der Waals surface area contributed by atoms with Gasteiger partial charge in [0.1, 0.15) is 0 Å². The Morgan fingerprint density at radius 3 is 2.59 bits per heavy atom. The quantitative estimate of drug-likeness (QED) is 0.816. The fraction of sp³-hybridized carbons (Fsp3) is 0.500. The van der Waals surface area contributed by atoms with Crippen molar-refractivity contribution in [3.8, 4) is 0 Å². The monoisotopic (exact) mass is 234 g/mol. The number of carbonyl (C=O) groups is 1. The lowest BCUT2D eigenvalue weighted by Crippen LogP contribution is -2.48. The highest BCUT2D eigenvalue weighted by atomic mass is 16.1. The van der Waals surface area contributed by atoms with Crippen LogP contribution in [-0.4, -0.2) is 18.0 Å². The van der Waals surface area contributed by atoms with Crippen LogP contribution in [-0.2, 0) is 11.2 Å². The lowest BCUT2D eigenvalue weighted by atomic mass is 10.0. The van der Waals surface area contributed by atoms with Gasteiger partial charge in [0.15, 0.2) is 0 Å². The zero-order valence-electron chi connectivity index (χ0n) is 10.9. The molecule has 1 aromatic carbocycles.